The zero-order valence-electron chi connectivity index (χ0n) is 19.1. The lowest BCUT2D eigenvalue weighted by Gasteiger charge is -2.30. The molecule has 1 aromatic carbocycles. The smallest absolute Gasteiger partial charge is 0.433 e. The van der Waals surface area contributed by atoms with E-state index in [-0.39, 0.29) is 23.8 Å². The highest BCUT2D eigenvalue weighted by atomic mass is 19.4. The van der Waals surface area contributed by atoms with E-state index in [1.165, 1.54) is 24.5 Å². The Hall–Kier alpha value is -4.80. The summed E-state index contributed by atoms with van der Waals surface area (Å²) in [6.45, 7) is 0. The van der Waals surface area contributed by atoms with Crippen LogP contribution in [-0.4, -0.2) is 36.5 Å². The number of allylic oxidation sites excluding steroid dienone is 2. The molecule has 1 amide bonds. The molecule has 0 fully saturated rings. The molecule has 1 aliphatic rings. The van der Waals surface area contributed by atoms with Crippen molar-refractivity contribution in [1.29, 1.82) is 0 Å². The van der Waals surface area contributed by atoms with E-state index in [4.69, 9.17) is 4.74 Å². The summed E-state index contributed by atoms with van der Waals surface area (Å²) in [5, 5.41) is 14.5. The van der Waals surface area contributed by atoms with Gasteiger partial charge in [0.05, 0.1) is 5.69 Å². The standard InChI is InChI=1S/C26H19F3N6O2/c27-26(28,29)21-16-20(18-8-7-15-30-17-18)34-35(21)23-12-11-22(32-33-23)31-24(36)25(13-5-2-6-14-25)37-19-9-3-1-4-10-19/h1-13,15-17H,14H2,(H,31,32,36). The molecule has 5 rings (SSSR count). The average Bonchev–Trinajstić information content (AvgIpc) is 3.37. The first-order valence-corrected chi connectivity index (χ1v) is 11.2. The first kappa shape index (κ1) is 23.9. The van der Waals surface area contributed by atoms with Crippen molar-refractivity contribution in [3.8, 4) is 22.8 Å². The number of anilines is 1. The molecule has 0 radical (unpaired) electrons. The number of nitrogens with one attached hydrogen (secondary N) is 1. The molecular weight excluding hydrogens is 485 g/mol. The number of benzene rings is 1. The quantitative estimate of drug-likeness (QED) is 0.397. The van der Waals surface area contributed by atoms with Crippen molar-refractivity contribution in [1.82, 2.24) is 25.0 Å². The molecule has 0 saturated carbocycles. The molecule has 3 aromatic heterocycles. The van der Waals surface area contributed by atoms with Crippen LogP contribution in [0.2, 0.25) is 0 Å². The van der Waals surface area contributed by atoms with Crippen molar-refractivity contribution in [2.24, 2.45) is 0 Å². The third kappa shape index (κ3) is 5.10. The summed E-state index contributed by atoms with van der Waals surface area (Å²) >= 11 is 0. The zero-order chi connectivity index (χ0) is 25.9. The van der Waals surface area contributed by atoms with Crippen LogP contribution in [0.1, 0.15) is 12.1 Å². The van der Waals surface area contributed by atoms with Crippen LogP contribution in [0.15, 0.2) is 97.4 Å². The fourth-order valence-electron chi connectivity index (χ4n) is 3.73. The zero-order valence-corrected chi connectivity index (χ0v) is 19.1. The molecule has 1 atom stereocenters. The van der Waals surface area contributed by atoms with Crippen molar-refractivity contribution in [3.05, 3.63) is 103 Å². The van der Waals surface area contributed by atoms with Crippen molar-refractivity contribution in [3.63, 3.8) is 0 Å². The monoisotopic (exact) mass is 504 g/mol. The molecule has 0 saturated heterocycles. The molecule has 1 unspecified atom stereocenters. The molecule has 0 aliphatic heterocycles. The first-order valence-electron chi connectivity index (χ1n) is 11.2. The number of pyridine rings is 1. The van der Waals surface area contributed by atoms with Gasteiger partial charge in [0, 0.05) is 24.4 Å². The molecule has 8 nitrogen and oxygen atoms in total. The Morgan fingerprint density at radius 3 is 2.51 bits per heavy atom. The summed E-state index contributed by atoms with van der Waals surface area (Å²) in [4.78, 5) is 17.2. The molecule has 11 heteroatoms. The Bertz CT molecular complexity index is 1450. The van der Waals surface area contributed by atoms with Gasteiger partial charge >= 0.3 is 6.18 Å². The third-order valence-electron chi connectivity index (χ3n) is 5.53. The fourth-order valence-corrected chi connectivity index (χ4v) is 3.73. The van der Waals surface area contributed by atoms with Gasteiger partial charge in [-0.3, -0.25) is 9.78 Å². The van der Waals surface area contributed by atoms with Gasteiger partial charge in [-0.2, -0.15) is 18.3 Å². The summed E-state index contributed by atoms with van der Waals surface area (Å²) in [5.41, 5.74) is -1.86. The number of aromatic nitrogens is 5. The van der Waals surface area contributed by atoms with Gasteiger partial charge in [0.15, 0.2) is 17.3 Å². The lowest BCUT2D eigenvalue weighted by molar-refractivity contribution is -0.142. The molecule has 3 heterocycles. The number of carbonyl (C=O) groups excluding carboxylic acids is 1. The maximum atomic E-state index is 13.7. The molecule has 4 aromatic rings. The molecule has 1 aliphatic carbocycles. The van der Waals surface area contributed by atoms with Crippen molar-refractivity contribution in [2.45, 2.75) is 18.2 Å². The molecule has 0 bridgehead atoms. The number of alkyl halides is 3. The van der Waals surface area contributed by atoms with Crippen molar-refractivity contribution >= 4 is 11.7 Å². The number of carbonyl (C=O) groups is 1. The van der Waals surface area contributed by atoms with Crippen LogP contribution >= 0.6 is 0 Å². The largest absolute Gasteiger partial charge is 0.473 e. The number of hydrogen-bond acceptors (Lipinski definition) is 6. The number of ether oxygens (including phenoxy) is 1. The fraction of sp³-hybridized carbons (Fsp3) is 0.115. The number of nitrogens with zero attached hydrogens (tertiary/aromatic N) is 5. The second kappa shape index (κ2) is 9.69. The van der Waals surface area contributed by atoms with Gasteiger partial charge in [-0.05, 0) is 48.5 Å². The normalized spacial score (nSPS) is 16.9. The minimum absolute atomic E-state index is 0.0425. The minimum Gasteiger partial charge on any atom is -0.473 e. The second-order valence-corrected chi connectivity index (χ2v) is 8.09. The van der Waals surface area contributed by atoms with E-state index in [0.29, 0.717) is 16.0 Å². The lowest BCUT2D eigenvalue weighted by atomic mass is 9.93. The minimum atomic E-state index is -4.69. The molecule has 0 spiro atoms. The van der Waals surface area contributed by atoms with Gasteiger partial charge in [0.1, 0.15) is 5.75 Å². The summed E-state index contributed by atoms with van der Waals surface area (Å²) in [5.74, 6) is -0.133. The van der Waals surface area contributed by atoms with E-state index < -0.39 is 23.4 Å². The van der Waals surface area contributed by atoms with E-state index in [0.717, 1.165) is 6.07 Å². The van der Waals surface area contributed by atoms with Crippen LogP contribution in [-0.2, 0) is 11.0 Å². The lowest BCUT2D eigenvalue weighted by Crippen LogP contribution is -2.47. The number of amides is 1. The second-order valence-electron chi connectivity index (χ2n) is 8.09. The Morgan fingerprint density at radius 1 is 1.03 bits per heavy atom. The van der Waals surface area contributed by atoms with Crippen molar-refractivity contribution < 1.29 is 22.7 Å². The Kier molecular flexibility index (Phi) is 6.26. The van der Waals surface area contributed by atoms with E-state index in [1.54, 1.807) is 60.7 Å². The van der Waals surface area contributed by atoms with Gasteiger partial charge in [0.2, 0.25) is 5.60 Å². The maximum absolute atomic E-state index is 13.7. The van der Waals surface area contributed by atoms with E-state index in [2.05, 4.69) is 25.6 Å². The number of rotatable bonds is 6. The summed E-state index contributed by atoms with van der Waals surface area (Å²) in [6, 6.07) is 15.6. The summed E-state index contributed by atoms with van der Waals surface area (Å²) in [7, 11) is 0. The first-order chi connectivity index (χ1) is 17.8. The SMILES string of the molecule is O=C(Nc1ccc(-n2nc(-c3cccnc3)cc2C(F)(F)F)nn1)C1(Oc2ccccc2)C=CC=CC1. The number of para-hydroxylation sites is 1. The maximum Gasteiger partial charge on any atom is 0.433 e. The Labute approximate surface area is 209 Å². The Morgan fingerprint density at radius 2 is 1.86 bits per heavy atom. The van der Waals surface area contributed by atoms with Gasteiger partial charge in [-0.25, -0.2) is 4.68 Å². The Balaban J connectivity index is 1.40. The summed E-state index contributed by atoms with van der Waals surface area (Å²) < 4.78 is 47.9. The predicted molar refractivity (Wildman–Crippen MR) is 129 cm³/mol. The van der Waals surface area contributed by atoms with Crippen molar-refractivity contribution in [2.75, 3.05) is 5.32 Å². The highest BCUT2D eigenvalue weighted by molar-refractivity contribution is 5.98. The van der Waals surface area contributed by atoms with E-state index >= 15 is 0 Å². The van der Waals surface area contributed by atoms with Crippen LogP contribution in [0.3, 0.4) is 0 Å². The van der Waals surface area contributed by atoms with E-state index in [1.807, 2.05) is 6.07 Å². The predicted octanol–water partition coefficient (Wildman–Crippen LogP) is 5.02. The van der Waals surface area contributed by atoms with Crippen LogP contribution in [0, 0.1) is 0 Å². The van der Waals surface area contributed by atoms with E-state index in [9.17, 15) is 18.0 Å². The number of hydrogen-bond donors (Lipinski definition) is 1. The highest BCUT2D eigenvalue weighted by Gasteiger charge is 2.39. The van der Waals surface area contributed by atoms with Crippen LogP contribution in [0.4, 0.5) is 19.0 Å². The highest BCUT2D eigenvalue weighted by Crippen LogP contribution is 2.34. The van der Waals surface area contributed by atoms with Gasteiger partial charge < -0.3 is 10.1 Å². The average molecular weight is 504 g/mol. The van der Waals surface area contributed by atoms with Gasteiger partial charge in [0.25, 0.3) is 5.91 Å². The molecule has 37 heavy (non-hydrogen) atoms. The molecule has 1 N–H and O–H groups in total. The number of halogens is 3. The van der Waals surface area contributed by atoms with Crippen LogP contribution in [0.5, 0.6) is 5.75 Å². The topological polar surface area (TPSA) is 94.8 Å². The summed E-state index contributed by atoms with van der Waals surface area (Å²) in [6.07, 6.45) is 5.45. The molecule has 186 valence electrons. The van der Waals surface area contributed by atoms with Crippen LogP contribution < -0.4 is 10.1 Å². The van der Waals surface area contributed by atoms with Gasteiger partial charge in [-0.1, -0.05) is 36.4 Å². The molecular formula is C26H19F3N6O2. The third-order valence-corrected chi connectivity index (χ3v) is 5.53. The van der Waals surface area contributed by atoms with Gasteiger partial charge in [-0.15, -0.1) is 10.2 Å². The van der Waals surface area contributed by atoms with Crippen LogP contribution in [0.25, 0.3) is 17.1 Å².